The minimum atomic E-state index is -0.348. The molecule has 34 heavy (non-hydrogen) atoms. The fourth-order valence-electron chi connectivity index (χ4n) is 4.54. The van der Waals surface area contributed by atoms with Crippen molar-refractivity contribution in [2.75, 3.05) is 13.1 Å². The van der Waals surface area contributed by atoms with Crippen LogP contribution < -0.4 is 15.6 Å². The zero-order valence-electron chi connectivity index (χ0n) is 18.9. The van der Waals surface area contributed by atoms with Crippen molar-refractivity contribution in [3.05, 3.63) is 83.0 Å². The van der Waals surface area contributed by atoms with Gasteiger partial charge in [0.05, 0.1) is 23.0 Å². The molecule has 1 aliphatic rings. The van der Waals surface area contributed by atoms with Gasteiger partial charge in [-0.25, -0.2) is 14.1 Å². The monoisotopic (exact) mass is 459 g/mol. The summed E-state index contributed by atoms with van der Waals surface area (Å²) in [5.41, 5.74) is 2.31. The van der Waals surface area contributed by atoms with Crippen LogP contribution in [-0.4, -0.2) is 32.4 Å². The molecule has 0 spiro atoms. The molecule has 7 nitrogen and oxygen atoms in total. The molecule has 2 aromatic heterocycles. The van der Waals surface area contributed by atoms with E-state index in [4.69, 9.17) is 4.74 Å². The Balaban J connectivity index is 1.68. The first-order chi connectivity index (χ1) is 16.7. The number of hydrogen-bond donors (Lipinski definition) is 1. The standard InChI is InChI=1S/C26H26FN5O2/c1-2-31-24(22-14-17-29-26(30-22)34-21-6-4-3-5-7-21)23(18-8-10-19(27)11-9-18)25(33)32(31)20-12-15-28-16-13-20/h3-11,14,17,20,28H,2,12-13,15-16H2,1H3. The van der Waals surface area contributed by atoms with Gasteiger partial charge in [0, 0.05) is 12.7 Å². The Morgan fingerprint density at radius 2 is 1.79 bits per heavy atom. The Morgan fingerprint density at radius 3 is 2.50 bits per heavy atom. The van der Waals surface area contributed by atoms with Crippen LogP contribution in [0.15, 0.2) is 71.7 Å². The van der Waals surface area contributed by atoms with E-state index in [9.17, 15) is 9.18 Å². The molecule has 2 aromatic carbocycles. The predicted octanol–water partition coefficient (Wildman–Crippen LogP) is 4.65. The molecule has 3 heterocycles. The molecule has 1 saturated heterocycles. The fourth-order valence-corrected chi connectivity index (χ4v) is 4.54. The maximum Gasteiger partial charge on any atom is 0.322 e. The van der Waals surface area contributed by atoms with Crippen molar-refractivity contribution in [3.63, 3.8) is 0 Å². The van der Waals surface area contributed by atoms with E-state index >= 15 is 0 Å². The van der Waals surface area contributed by atoms with Crippen LogP contribution in [0, 0.1) is 5.82 Å². The predicted molar refractivity (Wildman–Crippen MR) is 128 cm³/mol. The van der Waals surface area contributed by atoms with Crippen LogP contribution in [0.2, 0.25) is 0 Å². The van der Waals surface area contributed by atoms with Crippen LogP contribution in [0.4, 0.5) is 4.39 Å². The lowest BCUT2D eigenvalue weighted by Crippen LogP contribution is -2.36. The van der Waals surface area contributed by atoms with Gasteiger partial charge >= 0.3 is 6.01 Å². The summed E-state index contributed by atoms with van der Waals surface area (Å²) < 4.78 is 23.4. The third-order valence-electron chi connectivity index (χ3n) is 6.09. The van der Waals surface area contributed by atoms with Crippen LogP contribution in [0.25, 0.3) is 22.5 Å². The zero-order valence-corrected chi connectivity index (χ0v) is 18.9. The number of rotatable bonds is 6. The molecule has 0 radical (unpaired) electrons. The van der Waals surface area contributed by atoms with Crippen molar-refractivity contribution < 1.29 is 9.13 Å². The average Bonchev–Trinajstić information content (AvgIpc) is 3.18. The van der Waals surface area contributed by atoms with Gasteiger partial charge in [-0.1, -0.05) is 30.3 Å². The van der Waals surface area contributed by atoms with Crippen LogP contribution in [0.1, 0.15) is 25.8 Å². The van der Waals surface area contributed by atoms with Gasteiger partial charge < -0.3 is 10.1 Å². The van der Waals surface area contributed by atoms with E-state index in [2.05, 4.69) is 15.3 Å². The summed E-state index contributed by atoms with van der Waals surface area (Å²) in [4.78, 5) is 22.8. The van der Waals surface area contributed by atoms with E-state index in [1.807, 2.05) is 46.6 Å². The summed E-state index contributed by atoms with van der Waals surface area (Å²) in [5, 5.41) is 3.36. The second kappa shape index (κ2) is 9.61. The molecule has 1 N–H and O–H groups in total. The van der Waals surface area contributed by atoms with E-state index in [1.54, 1.807) is 24.4 Å². The SMILES string of the molecule is CCn1c(-c2ccnc(Oc3ccccc3)n2)c(-c2ccc(F)cc2)c(=O)n1C1CCNCC1. The normalized spacial score (nSPS) is 14.3. The Kier molecular flexibility index (Phi) is 6.22. The molecule has 0 atom stereocenters. The van der Waals surface area contributed by atoms with E-state index in [1.165, 1.54) is 12.1 Å². The first-order valence-electron chi connectivity index (χ1n) is 11.5. The summed E-state index contributed by atoms with van der Waals surface area (Å²) in [7, 11) is 0. The van der Waals surface area contributed by atoms with Gasteiger partial charge in [0.25, 0.3) is 5.56 Å². The lowest BCUT2D eigenvalue weighted by Gasteiger charge is -2.26. The zero-order chi connectivity index (χ0) is 23.5. The Labute approximate surface area is 196 Å². The first kappa shape index (κ1) is 22.0. The average molecular weight is 460 g/mol. The van der Waals surface area contributed by atoms with Crippen molar-refractivity contribution in [1.29, 1.82) is 0 Å². The minimum Gasteiger partial charge on any atom is -0.424 e. The molecule has 174 valence electrons. The first-order valence-corrected chi connectivity index (χ1v) is 11.5. The van der Waals surface area contributed by atoms with Gasteiger partial charge in [-0.2, -0.15) is 4.98 Å². The van der Waals surface area contributed by atoms with E-state index in [0.717, 1.165) is 25.9 Å². The number of para-hydroxylation sites is 1. The fraction of sp³-hybridized carbons (Fsp3) is 0.269. The molecule has 0 amide bonds. The molecule has 1 aliphatic heterocycles. The topological polar surface area (TPSA) is 74.0 Å². The number of benzene rings is 2. The lowest BCUT2D eigenvalue weighted by molar-refractivity contribution is 0.297. The van der Waals surface area contributed by atoms with E-state index < -0.39 is 0 Å². The van der Waals surface area contributed by atoms with Crippen molar-refractivity contribution in [2.24, 2.45) is 0 Å². The van der Waals surface area contributed by atoms with Gasteiger partial charge in [0.1, 0.15) is 11.6 Å². The highest BCUT2D eigenvalue weighted by molar-refractivity contribution is 5.79. The maximum absolute atomic E-state index is 13.9. The molecular formula is C26H26FN5O2. The highest BCUT2D eigenvalue weighted by Crippen LogP contribution is 2.33. The summed E-state index contributed by atoms with van der Waals surface area (Å²) in [5.74, 6) is 0.276. The van der Waals surface area contributed by atoms with Crippen LogP contribution in [0.3, 0.4) is 0 Å². The third kappa shape index (κ3) is 4.24. The molecular weight excluding hydrogens is 433 g/mol. The molecule has 0 unspecified atom stereocenters. The second-order valence-electron chi connectivity index (χ2n) is 8.22. The van der Waals surface area contributed by atoms with Crippen molar-refractivity contribution >= 4 is 0 Å². The van der Waals surface area contributed by atoms with Gasteiger partial charge in [-0.15, -0.1) is 0 Å². The summed E-state index contributed by atoms with van der Waals surface area (Å²) in [6, 6.07) is 17.4. The molecule has 8 heteroatoms. The van der Waals surface area contributed by atoms with E-state index in [-0.39, 0.29) is 23.4 Å². The highest BCUT2D eigenvalue weighted by atomic mass is 19.1. The van der Waals surface area contributed by atoms with Crippen molar-refractivity contribution in [3.8, 4) is 34.3 Å². The number of aromatic nitrogens is 4. The number of nitrogens with zero attached hydrogens (tertiary/aromatic N) is 4. The second-order valence-corrected chi connectivity index (χ2v) is 8.22. The molecule has 0 aliphatic carbocycles. The Hall–Kier alpha value is -3.78. The number of nitrogens with one attached hydrogen (secondary N) is 1. The Bertz CT molecular complexity index is 1330. The van der Waals surface area contributed by atoms with Gasteiger partial charge in [0.15, 0.2) is 0 Å². The van der Waals surface area contributed by atoms with Crippen LogP contribution >= 0.6 is 0 Å². The van der Waals surface area contributed by atoms with Crippen LogP contribution in [-0.2, 0) is 6.54 Å². The number of piperidine rings is 1. The van der Waals surface area contributed by atoms with Gasteiger partial charge in [0.2, 0.25) is 0 Å². The van der Waals surface area contributed by atoms with Crippen molar-refractivity contribution in [2.45, 2.75) is 32.4 Å². The number of hydrogen-bond acceptors (Lipinski definition) is 5. The van der Waals surface area contributed by atoms with Gasteiger partial charge in [-0.05, 0) is 68.8 Å². The molecule has 4 aromatic rings. The molecule has 0 saturated carbocycles. The number of ether oxygens (including phenoxy) is 1. The quantitative estimate of drug-likeness (QED) is 0.454. The highest BCUT2D eigenvalue weighted by Gasteiger charge is 2.28. The number of halogens is 1. The third-order valence-corrected chi connectivity index (χ3v) is 6.09. The van der Waals surface area contributed by atoms with Gasteiger partial charge in [-0.3, -0.25) is 9.48 Å². The van der Waals surface area contributed by atoms with Crippen molar-refractivity contribution in [1.82, 2.24) is 24.6 Å². The summed E-state index contributed by atoms with van der Waals surface area (Å²) >= 11 is 0. The van der Waals surface area contributed by atoms with E-state index in [0.29, 0.717) is 34.8 Å². The summed E-state index contributed by atoms with van der Waals surface area (Å²) in [6.45, 7) is 4.30. The smallest absolute Gasteiger partial charge is 0.322 e. The Morgan fingerprint density at radius 1 is 1.06 bits per heavy atom. The summed E-state index contributed by atoms with van der Waals surface area (Å²) in [6.07, 6.45) is 3.35. The largest absolute Gasteiger partial charge is 0.424 e. The molecule has 1 fully saturated rings. The van der Waals surface area contributed by atoms with Crippen LogP contribution in [0.5, 0.6) is 11.8 Å². The molecule has 0 bridgehead atoms. The molecule has 5 rings (SSSR count). The minimum absolute atomic E-state index is 0.0727. The maximum atomic E-state index is 13.9. The lowest BCUT2D eigenvalue weighted by atomic mass is 10.0.